The molecule has 1 aromatic carbocycles. The fourth-order valence-electron chi connectivity index (χ4n) is 2.55. The molecule has 1 aliphatic heterocycles. The number of amides is 1. The van der Waals surface area contributed by atoms with Crippen molar-refractivity contribution in [1.29, 1.82) is 0 Å². The van der Waals surface area contributed by atoms with Gasteiger partial charge in [0.1, 0.15) is 0 Å². The maximum atomic E-state index is 13.7. The summed E-state index contributed by atoms with van der Waals surface area (Å²) < 4.78 is 27.0. The molecule has 1 saturated heterocycles. The summed E-state index contributed by atoms with van der Waals surface area (Å²) in [5.74, 6) is -1.71. The van der Waals surface area contributed by atoms with E-state index < -0.39 is 11.6 Å². The Morgan fingerprint density at radius 3 is 2.74 bits per heavy atom. The first-order valence-electron chi connectivity index (χ1n) is 7.16. The van der Waals surface area contributed by atoms with Crippen molar-refractivity contribution < 1.29 is 13.6 Å². The van der Waals surface area contributed by atoms with Crippen LogP contribution in [-0.4, -0.2) is 29.2 Å². The van der Waals surface area contributed by atoms with Crippen LogP contribution in [-0.2, 0) is 4.79 Å². The van der Waals surface area contributed by atoms with Crippen LogP contribution in [0.4, 0.5) is 14.6 Å². The van der Waals surface area contributed by atoms with E-state index in [1.165, 1.54) is 18.2 Å². The standard InChI is InChI=1S/C15H16F2N4O.ClH/c16-11-3-1-2-10(14(11)17)12-8-13(21-20-12)19-15(22)9-4-6-18-7-5-9;/h1-3,8-9,18H,4-7H2,(H2,19,20,21,22);1H. The maximum Gasteiger partial charge on any atom is 0.228 e. The second kappa shape index (κ2) is 7.52. The van der Waals surface area contributed by atoms with Crippen molar-refractivity contribution in [3.8, 4) is 11.3 Å². The minimum absolute atomic E-state index is 0. The molecule has 1 amide bonds. The Hall–Kier alpha value is -1.99. The van der Waals surface area contributed by atoms with Crippen LogP contribution < -0.4 is 10.6 Å². The Kier molecular flexibility index (Phi) is 5.68. The SMILES string of the molecule is Cl.O=C(Nc1cc(-c2cccc(F)c2F)[nH]n1)C1CCNCC1. The molecule has 5 nitrogen and oxygen atoms in total. The van der Waals surface area contributed by atoms with E-state index in [1.807, 2.05) is 0 Å². The second-order valence-corrected chi connectivity index (χ2v) is 5.28. The van der Waals surface area contributed by atoms with Crippen molar-refractivity contribution in [3.63, 3.8) is 0 Å². The highest BCUT2D eigenvalue weighted by Crippen LogP contribution is 2.25. The molecule has 0 atom stereocenters. The fraction of sp³-hybridized carbons (Fsp3) is 0.333. The van der Waals surface area contributed by atoms with E-state index in [0.29, 0.717) is 11.5 Å². The van der Waals surface area contributed by atoms with Gasteiger partial charge in [-0.25, -0.2) is 8.78 Å². The molecule has 1 aliphatic rings. The van der Waals surface area contributed by atoms with E-state index in [0.717, 1.165) is 32.0 Å². The molecule has 0 unspecified atom stereocenters. The van der Waals surface area contributed by atoms with Crippen LogP contribution >= 0.6 is 12.4 Å². The Labute approximate surface area is 138 Å². The van der Waals surface area contributed by atoms with E-state index in [9.17, 15) is 13.6 Å². The van der Waals surface area contributed by atoms with E-state index >= 15 is 0 Å². The van der Waals surface area contributed by atoms with E-state index in [2.05, 4.69) is 20.8 Å². The largest absolute Gasteiger partial charge is 0.317 e. The fourth-order valence-corrected chi connectivity index (χ4v) is 2.55. The molecule has 0 radical (unpaired) electrons. The van der Waals surface area contributed by atoms with Gasteiger partial charge in [-0.3, -0.25) is 9.89 Å². The Balaban J connectivity index is 0.00000192. The number of aromatic nitrogens is 2. The van der Waals surface area contributed by atoms with Gasteiger partial charge in [-0.15, -0.1) is 12.4 Å². The normalized spacial score (nSPS) is 15.0. The lowest BCUT2D eigenvalue weighted by atomic mass is 9.97. The van der Waals surface area contributed by atoms with Gasteiger partial charge < -0.3 is 10.6 Å². The van der Waals surface area contributed by atoms with Gasteiger partial charge in [-0.05, 0) is 38.1 Å². The lowest BCUT2D eigenvalue weighted by Gasteiger charge is -2.21. The number of nitrogens with zero attached hydrogens (tertiary/aromatic N) is 1. The first-order valence-corrected chi connectivity index (χ1v) is 7.16. The van der Waals surface area contributed by atoms with Gasteiger partial charge in [0.15, 0.2) is 17.5 Å². The lowest BCUT2D eigenvalue weighted by molar-refractivity contribution is -0.120. The Morgan fingerprint density at radius 1 is 1.26 bits per heavy atom. The number of anilines is 1. The van der Waals surface area contributed by atoms with Gasteiger partial charge in [0.2, 0.25) is 5.91 Å². The monoisotopic (exact) mass is 342 g/mol. The molecule has 3 rings (SSSR count). The first kappa shape index (κ1) is 17.4. The summed E-state index contributed by atoms with van der Waals surface area (Å²) in [6.07, 6.45) is 1.56. The summed E-state index contributed by atoms with van der Waals surface area (Å²) in [4.78, 5) is 12.1. The van der Waals surface area contributed by atoms with E-state index in [4.69, 9.17) is 0 Å². The zero-order valence-corrected chi connectivity index (χ0v) is 13.1. The quantitative estimate of drug-likeness (QED) is 0.803. The highest BCUT2D eigenvalue weighted by Gasteiger charge is 2.22. The summed E-state index contributed by atoms with van der Waals surface area (Å²) in [6, 6.07) is 5.41. The average Bonchev–Trinajstić information content (AvgIpc) is 2.99. The molecule has 0 bridgehead atoms. The maximum absolute atomic E-state index is 13.7. The zero-order chi connectivity index (χ0) is 15.5. The van der Waals surface area contributed by atoms with Gasteiger partial charge in [-0.2, -0.15) is 5.10 Å². The number of carbonyl (C=O) groups is 1. The Morgan fingerprint density at radius 2 is 2.00 bits per heavy atom. The molecular formula is C15H17ClF2N4O. The summed E-state index contributed by atoms with van der Waals surface area (Å²) in [7, 11) is 0. The van der Waals surface area contributed by atoms with E-state index in [-0.39, 0.29) is 29.8 Å². The Bertz CT molecular complexity index is 686. The molecule has 2 aromatic rings. The zero-order valence-electron chi connectivity index (χ0n) is 12.2. The molecule has 8 heteroatoms. The van der Waals surface area contributed by atoms with Crippen LogP contribution in [0.3, 0.4) is 0 Å². The topological polar surface area (TPSA) is 69.8 Å². The smallest absolute Gasteiger partial charge is 0.228 e. The number of benzene rings is 1. The third kappa shape index (κ3) is 3.86. The minimum atomic E-state index is -0.942. The molecule has 3 N–H and O–H groups in total. The summed E-state index contributed by atoms with van der Waals surface area (Å²) in [5.41, 5.74) is 0.396. The predicted octanol–water partition coefficient (Wildman–Crippen LogP) is 2.71. The van der Waals surface area contributed by atoms with Crippen LogP contribution in [0, 0.1) is 17.6 Å². The molecule has 1 fully saturated rings. The number of piperidine rings is 1. The molecular weight excluding hydrogens is 326 g/mol. The van der Waals surface area contributed by atoms with Gasteiger partial charge in [0.05, 0.1) is 5.69 Å². The number of hydrogen-bond acceptors (Lipinski definition) is 3. The summed E-state index contributed by atoms with van der Waals surface area (Å²) >= 11 is 0. The number of nitrogens with one attached hydrogen (secondary N) is 3. The number of aromatic amines is 1. The van der Waals surface area contributed by atoms with Crippen LogP contribution in [0.2, 0.25) is 0 Å². The molecule has 0 spiro atoms. The van der Waals surface area contributed by atoms with Gasteiger partial charge >= 0.3 is 0 Å². The highest BCUT2D eigenvalue weighted by molar-refractivity contribution is 5.92. The predicted molar refractivity (Wildman–Crippen MR) is 85.4 cm³/mol. The van der Waals surface area contributed by atoms with Gasteiger partial charge in [-0.1, -0.05) is 6.07 Å². The van der Waals surface area contributed by atoms with Crippen molar-refractivity contribution in [2.24, 2.45) is 5.92 Å². The minimum Gasteiger partial charge on any atom is -0.317 e. The van der Waals surface area contributed by atoms with Crippen LogP contribution in [0.5, 0.6) is 0 Å². The number of rotatable bonds is 3. The van der Waals surface area contributed by atoms with Crippen LogP contribution in [0.15, 0.2) is 24.3 Å². The average molecular weight is 343 g/mol. The van der Waals surface area contributed by atoms with Crippen molar-refractivity contribution in [2.45, 2.75) is 12.8 Å². The van der Waals surface area contributed by atoms with Gasteiger partial charge in [0.25, 0.3) is 0 Å². The van der Waals surface area contributed by atoms with E-state index in [1.54, 1.807) is 0 Å². The summed E-state index contributed by atoms with van der Waals surface area (Å²) in [6.45, 7) is 1.64. The van der Waals surface area contributed by atoms with Crippen molar-refractivity contribution >= 4 is 24.1 Å². The number of H-pyrrole nitrogens is 1. The third-order valence-corrected chi connectivity index (χ3v) is 3.78. The molecule has 1 aromatic heterocycles. The number of hydrogen-bond donors (Lipinski definition) is 3. The van der Waals surface area contributed by atoms with Crippen LogP contribution in [0.25, 0.3) is 11.3 Å². The van der Waals surface area contributed by atoms with Crippen molar-refractivity contribution in [2.75, 3.05) is 18.4 Å². The highest BCUT2D eigenvalue weighted by atomic mass is 35.5. The second-order valence-electron chi connectivity index (χ2n) is 5.28. The lowest BCUT2D eigenvalue weighted by Crippen LogP contribution is -2.34. The number of carbonyl (C=O) groups excluding carboxylic acids is 1. The van der Waals surface area contributed by atoms with Gasteiger partial charge in [0, 0.05) is 17.5 Å². The van der Waals surface area contributed by atoms with Crippen molar-refractivity contribution in [3.05, 3.63) is 35.9 Å². The molecule has 0 aliphatic carbocycles. The molecule has 124 valence electrons. The number of halogens is 3. The molecule has 0 saturated carbocycles. The first-order chi connectivity index (χ1) is 10.6. The molecule has 23 heavy (non-hydrogen) atoms. The third-order valence-electron chi connectivity index (χ3n) is 3.78. The summed E-state index contributed by atoms with van der Waals surface area (Å²) in [5, 5.41) is 12.5. The van der Waals surface area contributed by atoms with Crippen molar-refractivity contribution in [1.82, 2.24) is 15.5 Å². The molecule has 2 heterocycles. The van der Waals surface area contributed by atoms with Crippen LogP contribution in [0.1, 0.15) is 12.8 Å².